The van der Waals surface area contributed by atoms with Crippen molar-refractivity contribution in [2.24, 2.45) is 0 Å². The quantitative estimate of drug-likeness (QED) is 0.748. The highest BCUT2D eigenvalue weighted by atomic mass is 16.2. The molecule has 2 amide bonds. The molecule has 1 fully saturated rings. The molecular weight excluding hydrogens is 342 g/mol. The molecule has 7 nitrogen and oxygen atoms in total. The lowest BCUT2D eigenvalue weighted by molar-refractivity contribution is -0.130. The Bertz CT molecular complexity index is 753. The van der Waals surface area contributed by atoms with Gasteiger partial charge in [0.1, 0.15) is 0 Å². The van der Waals surface area contributed by atoms with E-state index in [9.17, 15) is 9.59 Å². The lowest BCUT2D eigenvalue weighted by Gasteiger charge is -2.25. The number of benzene rings is 1. The summed E-state index contributed by atoms with van der Waals surface area (Å²) in [7, 11) is 1.80. The summed E-state index contributed by atoms with van der Waals surface area (Å²) in [4.78, 5) is 28.3. The number of carbonyl (C=O) groups is 2. The van der Waals surface area contributed by atoms with E-state index in [2.05, 4.69) is 10.3 Å². The molecule has 0 radical (unpaired) electrons. The Morgan fingerprint density at radius 1 is 1.11 bits per heavy atom. The molecule has 2 aromatic rings. The van der Waals surface area contributed by atoms with Crippen LogP contribution in [0.1, 0.15) is 41.7 Å². The number of aromatic nitrogens is 3. The standard InChI is InChI=1S/C20H27N5O2/c1-23(19(26)11-10-17-8-4-2-5-9-17)14-15-25-16-18(21-22-25)20(27)24-12-6-3-7-13-24/h2,4-5,8-9,16H,3,6-7,10-15H2,1H3. The fourth-order valence-electron chi connectivity index (χ4n) is 3.23. The molecule has 27 heavy (non-hydrogen) atoms. The molecule has 1 saturated heterocycles. The zero-order chi connectivity index (χ0) is 19.1. The minimum Gasteiger partial charge on any atom is -0.344 e. The zero-order valence-corrected chi connectivity index (χ0v) is 15.9. The normalized spacial score (nSPS) is 14.2. The van der Waals surface area contributed by atoms with Gasteiger partial charge in [0.25, 0.3) is 5.91 Å². The molecule has 0 spiro atoms. The van der Waals surface area contributed by atoms with Crippen molar-refractivity contribution in [2.45, 2.75) is 38.6 Å². The molecular formula is C20H27N5O2. The monoisotopic (exact) mass is 369 g/mol. The number of hydrogen-bond donors (Lipinski definition) is 0. The van der Waals surface area contributed by atoms with Gasteiger partial charge in [-0.2, -0.15) is 0 Å². The van der Waals surface area contributed by atoms with Crippen molar-refractivity contribution in [3.05, 3.63) is 47.8 Å². The maximum absolute atomic E-state index is 12.4. The molecule has 0 bridgehead atoms. The minimum atomic E-state index is -0.0479. The molecule has 1 aliphatic heterocycles. The Morgan fingerprint density at radius 3 is 2.59 bits per heavy atom. The van der Waals surface area contributed by atoms with Crippen LogP contribution in [0.5, 0.6) is 0 Å². The van der Waals surface area contributed by atoms with Gasteiger partial charge in [-0.05, 0) is 31.2 Å². The average Bonchev–Trinajstić information content (AvgIpc) is 3.20. The van der Waals surface area contributed by atoms with Crippen molar-refractivity contribution in [1.29, 1.82) is 0 Å². The highest BCUT2D eigenvalue weighted by Crippen LogP contribution is 2.11. The summed E-state index contributed by atoms with van der Waals surface area (Å²) in [5.41, 5.74) is 1.55. The predicted octanol–water partition coefficient (Wildman–Crippen LogP) is 2.00. The van der Waals surface area contributed by atoms with E-state index in [1.54, 1.807) is 22.8 Å². The average molecular weight is 369 g/mol. The van der Waals surface area contributed by atoms with Crippen LogP contribution in [-0.4, -0.2) is 63.3 Å². The highest BCUT2D eigenvalue weighted by molar-refractivity contribution is 5.91. The van der Waals surface area contributed by atoms with Gasteiger partial charge in [-0.1, -0.05) is 35.5 Å². The molecule has 0 unspecified atom stereocenters. The molecule has 3 rings (SSSR count). The first kappa shape index (κ1) is 19.1. The Kier molecular flexibility index (Phi) is 6.57. The molecule has 1 aromatic carbocycles. The number of nitrogens with zero attached hydrogens (tertiary/aromatic N) is 5. The molecule has 0 N–H and O–H groups in total. The Morgan fingerprint density at radius 2 is 1.85 bits per heavy atom. The minimum absolute atomic E-state index is 0.0479. The van der Waals surface area contributed by atoms with Gasteiger partial charge in [0.15, 0.2) is 5.69 Å². The molecule has 1 aliphatic rings. The van der Waals surface area contributed by atoms with E-state index in [0.717, 1.165) is 37.9 Å². The van der Waals surface area contributed by atoms with Crippen LogP contribution in [0.3, 0.4) is 0 Å². The number of hydrogen-bond acceptors (Lipinski definition) is 4. The van der Waals surface area contributed by atoms with Gasteiger partial charge in [0, 0.05) is 33.1 Å². The third-order valence-electron chi connectivity index (χ3n) is 4.96. The lowest BCUT2D eigenvalue weighted by Crippen LogP contribution is -2.35. The molecule has 0 aliphatic carbocycles. The van der Waals surface area contributed by atoms with E-state index < -0.39 is 0 Å². The zero-order valence-electron chi connectivity index (χ0n) is 15.9. The SMILES string of the molecule is CN(CCn1cc(C(=O)N2CCCCC2)nn1)C(=O)CCc1ccccc1. The van der Waals surface area contributed by atoms with Crippen LogP contribution < -0.4 is 0 Å². The van der Waals surface area contributed by atoms with E-state index in [0.29, 0.717) is 25.2 Å². The number of likely N-dealkylation sites (N-methyl/N-ethyl adjacent to an activating group) is 1. The third-order valence-corrected chi connectivity index (χ3v) is 4.96. The van der Waals surface area contributed by atoms with Gasteiger partial charge in [-0.3, -0.25) is 9.59 Å². The molecule has 0 atom stereocenters. The largest absolute Gasteiger partial charge is 0.344 e. The van der Waals surface area contributed by atoms with Crippen molar-refractivity contribution in [3.8, 4) is 0 Å². The summed E-state index contributed by atoms with van der Waals surface area (Å²) in [6.07, 6.45) is 6.18. The van der Waals surface area contributed by atoms with Crippen molar-refractivity contribution in [3.63, 3.8) is 0 Å². The van der Waals surface area contributed by atoms with E-state index in [1.807, 2.05) is 35.2 Å². The molecule has 7 heteroatoms. The smallest absolute Gasteiger partial charge is 0.276 e. The van der Waals surface area contributed by atoms with E-state index >= 15 is 0 Å². The number of rotatable bonds is 7. The van der Waals surface area contributed by atoms with Gasteiger partial charge in [-0.15, -0.1) is 5.10 Å². The van der Waals surface area contributed by atoms with Crippen molar-refractivity contribution < 1.29 is 9.59 Å². The first-order valence-corrected chi connectivity index (χ1v) is 9.61. The van der Waals surface area contributed by atoms with Crippen molar-refractivity contribution in [1.82, 2.24) is 24.8 Å². The molecule has 0 saturated carbocycles. The first-order valence-electron chi connectivity index (χ1n) is 9.61. The van der Waals surface area contributed by atoms with Crippen molar-refractivity contribution >= 4 is 11.8 Å². The summed E-state index contributed by atoms with van der Waals surface area (Å²) >= 11 is 0. The number of carbonyl (C=O) groups excluding carboxylic acids is 2. The van der Waals surface area contributed by atoms with Crippen LogP contribution in [0, 0.1) is 0 Å². The van der Waals surface area contributed by atoms with Crippen molar-refractivity contribution in [2.75, 3.05) is 26.7 Å². The van der Waals surface area contributed by atoms with Crippen LogP contribution in [0.2, 0.25) is 0 Å². The van der Waals surface area contributed by atoms with E-state index in [1.165, 1.54) is 6.42 Å². The topological polar surface area (TPSA) is 71.3 Å². The fourth-order valence-corrected chi connectivity index (χ4v) is 3.23. The predicted molar refractivity (Wildman–Crippen MR) is 102 cm³/mol. The summed E-state index contributed by atoms with van der Waals surface area (Å²) in [5.74, 6) is 0.0526. The Balaban J connectivity index is 1.44. The number of piperidine rings is 1. The molecule has 2 heterocycles. The van der Waals surface area contributed by atoms with Gasteiger partial charge in [0.05, 0.1) is 12.7 Å². The summed E-state index contributed by atoms with van der Waals surface area (Å²) in [5, 5.41) is 8.05. The van der Waals surface area contributed by atoms with Gasteiger partial charge in [-0.25, -0.2) is 4.68 Å². The fraction of sp³-hybridized carbons (Fsp3) is 0.500. The number of likely N-dealkylation sites (tertiary alicyclic amines) is 1. The molecule has 1 aromatic heterocycles. The number of aryl methyl sites for hydroxylation is 1. The highest BCUT2D eigenvalue weighted by Gasteiger charge is 2.21. The van der Waals surface area contributed by atoms with Gasteiger partial charge < -0.3 is 9.80 Å². The second-order valence-corrected chi connectivity index (χ2v) is 7.02. The number of amides is 2. The first-order chi connectivity index (χ1) is 13.1. The van der Waals surface area contributed by atoms with Gasteiger partial charge in [0.2, 0.25) is 5.91 Å². The second-order valence-electron chi connectivity index (χ2n) is 7.02. The summed E-state index contributed by atoms with van der Waals surface area (Å²) < 4.78 is 1.64. The Labute approximate surface area is 160 Å². The Hall–Kier alpha value is -2.70. The maximum atomic E-state index is 12.4. The van der Waals surface area contributed by atoms with Crippen LogP contribution in [-0.2, 0) is 17.8 Å². The van der Waals surface area contributed by atoms with Crippen LogP contribution in [0.15, 0.2) is 36.5 Å². The summed E-state index contributed by atoms with van der Waals surface area (Å²) in [6.45, 7) is 2.65. The van der Waals surface area contributed by atoms with E-state index in [-0.39, 0.29) is 11.8 Å². The van der Waals surface area contributed by atoms with Crippen LogP contribution in [0.4, 0.5) is 0 Å². The maximum Gasteiger partial charge on any atom is 0.276 e. The molecule has 144 valence electrons. The van der Waals surface area contributed by atoms with Crippen LogP contribution >= 0.6 is 0 Å². The van der Waals surface area contributed by atoms with Gasteiger partial charge >= 0.3 is 0 Å². The summed E-state index contributed by atoms with van der Waals surface area (Å²) in [6, 6.07) is 10.0. The third kappa shape index (κ3) is 5.39. The van der Waals surface area contributed by atoms with E-state index in [4.69, 9.17) is 0 Å². The van der Waals surface area contributed by atoms with Crippen LogP contribution in [0.25, 0.3) is 0 Å². The second kappa shape index (κ2) is 9.30. The lowest BCUT2D eigenvalue weighted by atomic mass is 10.1.